The quantitative estimate of drug-likeness (QED) is 0.527. The summed E-state index contributed by atoms with van der Waals surface area (Å²) in [7, 11) is 0. The third-order valence-electron chi connectivity index (χ3n) is 2.34. The second-order valence-electron chi connectivity index (χ2n) is 2.98. The highest BCUT2D eigenvalue weighted by Gasteiger charge is 2.15. The van der Waals surface area contributed by atoms with Crippen molar-refractivity contribution in [1.29, 1.82) is 0 Å². The van der Waals surface area contributed by atoms with Crippen molar-refractivity contribution in [2.45, 2.75) is 33.2 Å². The van der Waals surface area contributed by atoms with E-state index in [4.69, 9.17) is 0 Å². The van der Waals surface area contributed by atoms with Crippen LogP contribution >= 0.6 is 0 Å². The van der Waals surface area contributed by atoms with Gasteiger partial charge in [0.1, 0.15) is 0 Å². The summed E-state index contributed by atoms with van der Waals surface area (Å²) in [5.41, 5.74) is 4.06. The predicted molar refractivity (Wildman–Crippen MR) is 40.0 cm³/mol. The normalized spacial score (nSPS) is 15.8. The number of hydrogen-bond acceptors (Lipinski definition) is 1. The van der Waals surface area contributed by atoms with E-state index in [0.29, 0.717) is 0 Å². The van der Waals surface area contributed by atoms with Gasteiger partial charge in [0.15, 0.2) is 0 Å². The van der Waals surface area contributed by atoms with E-state index in [0.717, 1.165) is 6.54 Å². The Morgan fingerprint density at radius 2 is 2.20 bits per heavy atom. The summed E-state index contributed by atoms with van der Waals surface area (Å²) in [6.07, 6.45) is 2.51. The van der Waals surface area contributed by atoms with Gasteiger partial charge in [0.2, 0.25) is 0 Å². The number of rotatable bonds is 0. The Labute approximate surface area is 60.9 Å². The highest BCUT2D eigenvalue weighted by molar-refractivity contribution is 5.25. The molecule has 0 saturated heterocycles. The molecule has 0 unspecified atom stereocenters. The van der Waals surface area contributed by atoms with Crippen LogP contribution in [-0.2, 0) is 13.0 Å². The van der Waals surface area contributed by atoms with E-state index in [9.17, 15) is 0 Å². The second-order valence-corrected chi connectivity index (χ2v) is 2.98. The molecule has 2 heterocycles. The minimum Gasteiger partial charge on any atom is -0.269 e. The van der Waals surface area contributed by atoms with Crippen LogP contribution in [0.2, 0.25) is 0 Å². The van der Waals surface area contributed by atoms with Crippen LogP contribution in [0.25, 0.3) is 0 Å². The fourth-order valence-electron chi connectivity index (χ4n) is 1.62. The Balaban J connectivity index is 2.59. The average Bonchev–Trinajstić information content (AvgIpc) is 2.41. The van der Waals surface area contributed by atoms with E-state index < -0.39 is 0 Å². The summed E-state index contributed by atoms with van der Waals surface area (Å²) in [4.78, 5) is 0. The number of aryl methyl sites for hydroxylation is 2. The van der Waals surface area contributed by atoms with Gasteiger partial charge in [0.25, 0.3) is 0 Å². The lowest BCUT2D eigenvalue weighted by Gasteiger charge is -1.90. The van der Waals surface area contributed by atoms with Gasteiger partial charge in [-0.2, -0.15) is 5.10 Å². The molecule has 1 aliphatic heterocycles. The molecule has 2 nitrogen and oxygen atoms in total. The molecule has 0 aromatic carbocycles. The van der Waals surface area contributed by atoms with Crippen LogP contribution in [0.3, 0.4) is 0 Å². The topological polar surface area (TPSA) is 17.8 Å². The Morgan fingerprint density at radius 1 is 1.40 bits per heavy atom. The van der Waals surface area contributed by atoms with E-state index in [2.05, 4.69) is 23.6 Å². The Kier molecular flexibility index (Phi) is 1.10. The summed E-state index contributed by atoms with van der Waals surface area (Å²) in [6, 6.07) is 0. The van der Waals surface area contributed by atoms with Gasteiger partial charge in [-0.25, -0.2) is 0 Å². The van der Waals surface area contributed by atoms with Crippen LogP contribution in [-0.4, -0.2) is 9.78 Å². The van der Waals surface area contributed by atoms with Crippen molar-refractivity contribution < 1.29 is 0 Å². The van der Waals surface area contributed by atoms with Gasteiger partial charge in [-0.15, -0.1) is 0 Å². The SMILES string of the molecule is Cc1nn2c(c1C)CCC2. The van der Waals surface area contributed by atoms with Crippen molar-refractivity contribution >= 4 is 0 Å². The number of hydrogen-bond donors (Lipinski definition) is 0. The zero-order chi connectivity index (χ0) is 7.14. The summed E-state index contributed by atoms with van der Waals surface area (Å²) < 4.78 is 2.14. The highest BCUT2D eigenvalue weighted by Crippen LogP contribution is 2.19. The first-order chi connectivity index (χ1) is 4.79. The molecule has 0 aliphatic carbocycles. The third-order valence-corrected chi connectivity index (χ3v) is 2.34. The van der Waals surface area contributed by atoms with Crippen LogP contribution in [0, 0.1) is 13.8 Å². The van der Waals surface area contributed by atoms with Crippen molar-refractivity contribution in [1.82, 2.24) is 9.78 Å². The van der Waals surface area contributed by atoms with E-state index in [-0.39, 0.29) is 0 Å². The third kappa shape index (κ3) is 0.618. The Hall–Kier alpha value is -0.790. The smallest absolute Gasteiger partial charge is 0.0625 e. The van der Waals surface area contributed by atoms with Crippen molar-refractivity contribution in [2.75, 3.05) is 0 Å². The lowest BCUT2D eigenvalue weighted by atomic mass is 10.2. The largest absolute Gasteiger partial charge is 0.269 e. The van der Waals surface area contributed by atoms with E-state index >= 15 is 0 Å². The maximum Gasteiger partial charge on any atom is 0.0625 e. The van der Waals surface area contributed by atoms with Crippen molar-refractivity contribution in [3.63, 3.8) is 0 Å². The molecule has 1 aromatic rings. The van der Waals surface area contributed by atoms with Crippen molar-refractivity contribution in [2.24, 2.45) is 0 Å². The molecule has 1 aromatic heterocycles. The fraction of sp³-hybridized carbons (Fsp3) is 0.625. The minimum atomic E-state index is 1.13. The summed E-state index contributed by atoms with van der Waals surface area (Å²) >= 11 is 0. The molecule has 10 heavy (non-hydrogen) atoms. The van der Waals surface area contributed by atoms with E-state index in [1.165, 1.54) is 29.8 Å². The molecule has 0 radical (unpaired) electrons. The molecule has 2 rings (SSSR count). The predicted octanol–water partition coefficient (Wildman–Crippen LogP) is 1.45. The summed E-state index contributed by atoms with van der Waals surface area (Å²) in [6.45, 7) is 5.38. The molecule has 2 heteroatoms. The molecular formula is C8H12N2. The molecule has 0 atom stereocenters. The molecule has 0 bridgehead atoms. The van der Waals surface area contributed by atoms with Crippen molar-refractivity contribution in [3.8, 4) is 0 Å². The molecule has 0 N–H and O–H groups in total. The first kappa shape index (κ1) is 5.96. The van der Waals surface area contributed by atoms with Crippen molar-refractivity contribution in [3.05, 3.63) is 17.0 Å². The van der Waals surface area contributed by atoms with Crippen LogP contribution in [0.1, 0.15) is 23.4 Å². The Morgan fingerprint density at radius 3 is 2.90 bits per heavy atom. The van der Waals surface area contributed by atoms with E-state index in [1.54, 1.807) is 0 Å². The Bertz CT molecular complexity index is 260. The van der Waals surface area contributed by atoms with Gasteiger partial charge in [-0.3, -0.25) is 4.68 Å². The maximum absolute atomic E-state index is 4.41. The number of aromatic nitrogens is 2. The van der Waals surface area contributed by atoms with Crippen LogP contribution < -0.4 is 0 Å². The maximum atomic E-state index is 4.41. The first-order valence-electron chi connectivity index (χ1n) is 3.82. The number of nitrogens with zero attached hydrogens (tertiary/aromatic N) is 2. The monoisotopic (exact) mass is 136 g/mol. The van der Waals surface area contributed by atoms with Gasteiger partial charge in [0.05, 0.1) is 5.69 Å². The standard InChI is InChI=1S/C8H12N2/c1-6-7(2)9-10-5-3-4-8(6)10/h3-5H2,1-2H3. The zero-order valence-electron chi connectivity index (χ0n) is 6.52. The van der Waals surface area contributed by atoms with Crippen LogP contribution in [0.5, 0.6) is 0 Å². The first-order valence-corrected chi connectivity index (χ1v) is 3.82. The van der Waals surface area contributed by atoms with Gasteiger partial charge < -0.3 is 0 Å². The zero-order valence-corrected chi connectivity index (χ0v) is 6.52. The molecule has 54 valence electrons. The summed E-state index contributed by atoms with van der Waals surface area (Å²) in [5.74, 6) is 0. The fourth-order valence-corrected chi connectivity index (χ4v) is 1.62. The van der Waals surface area contributed by atoms with Gasteiger partial charge in [-0.1, -0.05) is 0 Å². The van der Waals surface area contributed by atoms with Gasteiger partial charge >= 0.3 is 0 Å². The van der Waals surface area contributed by atoms with Gasteiger partial charge in [0, 0.05) is 12.2 Å². The van der Waals surface area contributed by atoms with Gasteiger partial charge in [-0.05, 0) is 32.3 Å². The lowest BCUT2D eigenvalue weighted by Crippen LogP contribution is -1.93. The second kappa shape index (κ2) is 1.84. The molecule has 0 saturated carbocycles. The molecule has 0 amide bonds. The highest BCUT2D eigenvalue weighted by atomic mass is 15.3. The molecule has 0 spiro atoms. The molecular weight excluding hydrogens is 124 g/mol. The van der Waals surface area contributed by atoms with Crippen LogP contribution in [0.15, 0.2) is 0 Å². The molecule has 0 fully saturated rings. The minimum absolute atomic E-state index is 1.13. The average molecular weight is 136 g/mol. The van der Waals surface area contributed by atoms with E-state index in [1.807, 2.05) is 0 Å². The molecule has 1 aliphatic rings. The summed E-state index contributed by atoms with van der Waals surface area (Å²) in [5, 5.41) is 4.41. The lowest BCUT2D eigenvalue weighted by molar-refractivity contribution is 0.650. The number of fused-ring (bicyclic) bond motifs is 1. The van der Waals surface area contributed by atoms with Crippen LogP contribution in [0.4, 0.5) is 0 Å².